The minimum absolute atomic E-state index is 0.200. The van der Waals surface area contributed by atoms with Crippen LogP contribution in [0.4, 0.5) is 0 Å². The Hall–Kier alpha value is -1.83. The maximum atomic E-state index is 10.7. The van der Waals surface area contributed by atoms with E-state index in [2.05, 4.69) is 5.16 Å². The van der Waals surface area contributed by atoms with E-state index in [0.717, 1.165) is 0 Å². The molecule has 0 spiro atoms. The number of ether oxygens (including phenoxy) is 1. The van der Waals surface area contributed by atoms with Gasteiger partial charge in [-0.3, -0.25) is 10.1 Å². The van der Waals surface area contributed by atoms with E-state index in [0.29, 0.717) is 13.0 Å². The van der Waals surface area contributed by atoms with Gasteiger partial charge in [-0.25, -0.2) is 0 Å². The summed E-state index contributed by atoms with van der Waals surface area (Å²) in [6.45, 7) is 3.72. The predicted molar refractivity (Wildman–Crippen MR) is 69.3 cm³/mol. The molecule has 0 aromatic rings. The SMILES string of the molecule is CN1C=CN(COCCC(C)(C)[N+](=O)[O-])C1/C=N\O. The molecule has 0 aliphatic carbocycles. The number of oxime groups is 1. The first kappa shape index (κ1) is 15.2. The largest absolute Gasteiger partial charge is 0.411 e. The number of nitrogens with zero attached hydrogens (tertiary/aromatic N) is 4. The van der Waals surface area contributed by atoms with E-state index in [4.69, 9.17) is 9.94 Å². The Kier molecular flexibility index (Phi) is 5.11. The second kappa shape index (κ2) is 6.37. The van der Waals surface area contributed by atoms with E-state index in [9.17, 15) is 10.1 Å². The highest BCUT2D eigenvalue weighted by molar-refractivity contribution is 5.64. The molecule has 1 unspecified atom stereocenters. The monoisotopic (exact) mass is 272 g/mol. The summed E-state index contributed by atoms with van der Waals surface area (Å²) in [5, 5.41) is 22.3. The number of hydrogen-bond donors (Lipinski definition) is 1. The average Bonchev–Trinajstić information content (AvgIpc) is 2.67. The van der Waals surface area contributed by atoms with Crippen molar-refractivity contribution in [1.82, 2.24) is 9.80 Å². The summed E-state index contributed by atoms with van der Waals surface area (Å²) < 4.78 is 5.43. The molecule has 0 bridgehead atoms. The van der Waals surface area contributed by atoms with Crippen LogP contribution in [-0.4, -0.2) is 58.2 Å². The summed E-state index contributed by atoms with van der Waals surface area (Å²) in [7, 11) is 1.85. The third kappa shape index (κ3) is 4.09. The zero-order chi connectivity index (χ0) is 14.5. The van der Waals surface area contributed by atoms with Crippen molar-refractivity contribution in [1.29, 1.82) is 0 Å². The van der Waals surface area contributed by atoms with Gasteiger partial charge in [-0.2, -0.15) is 0 Å². The van der Waals surface area contributed by atoms with E-state index in [1.807, 2.05) is 29.2 Å². The van der Waals surface area contributed by atoms with Crippen molar-refractivity contribution >= 4 is 6.21 Å². The molecule has 0 aromatic carbocycles. The molecule has 0 aromatic heterocycles. The maximum Gasteiger partial charge on any atom is 0.219 e. The molecule has 8 nitrogen and oxygen atoms in total. The van der Waals surface area contributed by atoms with Gasteiger partial charge in [0.15, 0.2) is 0 Å². The van der Waals surface area contributed by atoms with Gasteiger partial charge >= 0.3 is 0 Å². The third-order valence-electron chi connectivity index (χ3n) is 3.04. The van der Waals surface area contributed by atoms with E-state index >= 15 is 0 Å². The first-order valence-electron chi connectivity index (χ1n) is 5.94. The van der Waals surface area contributed by atoms with Crippen molar-refractivity contribution in [3.05, 3.63) is 22.5 Å². The second-order valence-electron chi connectivity index (χ2n) is 5.01. The van der Waals surface area contributed by atoms with Crippen LogP contribution in [0, 0.1) is 10.1 Å². The summed E-state index contributed by atoms with van der Waals surface area (Å²) in [6.07, 6.45) is 5.16. The fourth-order valence-corrected chi connectivity index (χ4v) is 1.55. The fourth-order valence-electron chi connectivity index (χ4n) is 1.55. The zero-order valence-corrected chi connectivity index (χ0v) is 11.4. The Labute approximate surface area is 112 Å². The van der Waals surface area contributed by atoms with E-state index in [-0.39, 0.29) is 17.8 Å². The van der Waals surface area contributed by atoms with Gasteiger partial charge < -0.3 is 19.7 Å². The maximum absolute atomic E-state index is 10.7. The fraction of sp³-hybridized carbons (Fsp3) is 0.727. The van der Waals surface area contributed by atoms with Gasteiger partial charge in [0.1, 0.15) is 12.9 Å². The average molecular weight is 272 g/mol. The van der Waals surface area contributed by atoms with Gasteiger partial charge in [-0.05, 0) is 0 Å². The molecule has 1 rings (SSSR count). The van der Waals surface area contributed by atoms with Gasteiger partial charge in [-0.1, -0.05) is 5.16 Å². The van der Waals surface area contributed by atoms with Crippen molar-refractivity contribution in [2.75, 3.05) is 20.4 Å². The molecule has 0 saturated carbocycles. The van der Waals surface area contributed by atoms with Crippen molar-refractivity contribution < 1.29 is 14.9 Å². The third-order valence-corrected chi connectivity index (χ3v) is 3.04. The molecule has 1 N–H and O–H groups in total. The van der Waals surface area contributed by atoms with Crippen LogP contribution in [0.15, 0.2) is 17.6 Å². The summed E-state index contributed by atoms with van der Waals surface area (Å²) in [5.74, 6) is 0. The van der Waals surface area contributed by atoms with Crippen LogP contribution < -0.4 is 0 Å². The highest BCUT2D eigenvalue weighted by atomic mass is 16.6. The van der Waals surface area contributed by atoms with Gasteiger partial charge in [0.25, 0.3) is 0 Å². The minimum Gasteiger partial charge on any atom is -0.411 e. The first-order valence-corrected chi connectivity index (χ1v) is 5.94. The van der Waals surface area contributed by atoms with Crippen LogP contribution in [0.5, 0.6) is 0 Å². The molecule has 108 valence electrons. The van der Waals surface area contributed by atoms with Gasteiger partial charge in [0.05, 0.1) is 12.8 Å². The van der Waals surface area contributed by atoms with Crippen LogP contribution in [0.25, 0.3) is 0 Å². The number of rotatable bonds is 7. The summed E-state index contributed by atoms with van der Waals surface area (Å²) in [4.78, 5) is 14.1. The summed E-state index contributed by atoms with van der Waals surface area (Å²) >= 11 is 0. The van der Waals surface area contributed by atoms with E-state index < -0.39 is 5.54 Å². The Morgan fingerprint density at radius 1 is 1.58 bits per heavy atom. The number of hydrogen-bond acceptors (Lipinski definition) is 7. The lowest BCUT2D eigenvalue weighted by atomic mass is 10.0. The van der Waals surface area contributed by atoms with Crippen LogP contribution in [0.3, 0.4) is 0 Å². The van der Waals surface area contributed by atoms with Crippen LogP contribution >= 0.6 is 0 Å². The quantitative estimate of drug-likeness (QED) is 0.243. The molecule has 0 fully saturated rings. The second-order valence-corrected chi connectivity index (χ2v) is 5.01. The predicted octanol–water partition coefficient (Wildman–Crippen LogP) is 0.911. The molecular weight excluding hydrogens is 252 g/mol. The Morgan fingerprint density at radius 2 is 2.26 bits per heavy atom. The number of nitro groups is 1. The normalized spacial score (nSPS) is 19.6. The Morgan fingerprint density at radius 3 is 2.84 bits per heavy atom. The van der Waals surface area contributed by atoms with E-state index in [1.165, 1.54) is 6.21 Å². The molecule has 0 amide bonds. The summed E-state index contributed by atoms with van der Waals surface area (Å²) in [5.41, 5.74) is -0.983. The van der Waals surface area contributed by atoms with Gasteiger partial charge in [-0.15, -0.1) is 0 Å². The van der Waals surface area contributed by atoms with Crippen molar-refractivity contribution in [3.8, 4) is 0 Å². The molecule has 1 aliphatic rings. The first-order chi connectivity index (χ1) is 8.88. The van der Waals surface area contributed by atoms with Crippen LogP contribution in [0.2, 0.25) is 0 Å². The van der Waals surface area contributed by atoms with Crippen molar-refractivity contribution in [2.24, 2.45) is 5.16 Å². The molecule has 0 radical (unpaired) electrons. The van der Waals surface area contributed by atoms with E-state index in [1.54, 1.807) is 13.8 Å². The lowest BCUT2D eigenvalue weighted by molar-refractivity contribution is -0.562. The molecular formula is C11H20N4O4. The summed E-state index contributed by atoms with van der Waals surface area (Å²) in [6, 6.07) is 0. The molecule has 1 atom stereocenters. The van der Waals surface area contributed by atoms with Gasteiger partial charge in [0.2, 0.25) is 5.54 Å². The molecule has 1 aliphatic heterocycles. The lowest BCUT2D eigenvalue weighted by Gasteiger charge is -2.26. The molecule has 1 heterocycles. The molecule has 8 heteroatoms. The smallest absolute Gasteiger partial charge is 0.219 e. The molecule has 19 heavy (non-hydrogen) atoms. The lowest BCUT2D eigenvalue weighted by Crippen LogP contribution is -2.39. The van der Waals surface area contributed by atoms with Crippen molar-refractivity contribution in [3.63, 3.8) is 0 Å². The van der Waals surface area contributed by atoms with Crippen LogP contribution in [-0.2, 0) is 4.74 Å². The van der Waals surface area contributed by atoms with Crippen LogP contribution in [0.1, 0.15) is 20.3 Å². The van der Waals surface area contributed by atoms with Crippen molar-refractivity contribution in [2.45, 2.75) is 32.0 Å². The molecule has 0 saturated heterocycles. The highest BCUT2D eigenvalue weighted by Gasteiger charge is 2.30. The highest BCUT2D eigenvalue weighted by Crippen LogP contribution is 2.15. The minimum atomic E-state index is -0.983. The van der Waals surface area contributed by atoms with Gasteiger partial charge in [0, 0.05) is 44.6 Å². The standard InChI is InChI=1S/C11H20N4O4/c1-11(2,15(17)18)4-7-19-9-14-6-5-13(3)10(14)8-12-16/h5-6,8,10,16H,4,7,9H2,1-3H3/b12-8-. The topological polar surface area (TPSA) is 91.4 Å². The Bertz CT molecular complexity index is 370. The zero-order valence-electron chi connectivity index (χ0n) is 11.4. The Balaban J connectivity index is 2.34.